The first-order chi connectivity index (χ1) is 15.2. The van der Waals surface area contributed by atoms with Crippen molar-refractivity contribution in [2.45, 2.75) is 49.7 Å². The number of ether oxygens (including phenoxy) is 2. The molecule has 6 nitrogen and oxygen atoms in total. The van der Waals surface area contributed by atoms with Gasteiger partial charge in [0.1, 0.15) is 17.3 Å². The van der Waals surface area contributed by atoms with E-state index in [1.165, 1.54) is 35.9 Å². The van der Waals surface area contributed by atoms with Crippen molar-refractivity contribution in [3.63, 3.8) is 0 Å². The monoisotopic (exact) mass is 457 g/mol. The van der Waals surface area contributed by atoms with E-state index in [0.29, 0.717) is 23.1 Å². The van der Waals surface area contributed by atoms with Crippen LogP contribution >= 0.6 is 23.1 Å². The number of Topliss-reactive ketones (excluding diaryl/α,β-unsaturated/α-hetero) is 1. The zero-order valence-electron chi connectivity index (χ0n) is 17.9. The number of ketones is 1. The molecular weight excluding hydrogens is 430 g/mol. The lowest BCUT2D eigenvalue weighted by Gasteiger charge is -2.25. The third-order valence-electron chi connectivity index (χ3n) is 5.63. The largest absolute Gasteiger partial charge is 0.497 e. The summed E-state index contributed by atoms with van der Waals surface area (Å²) < 4.78 is 12.9. The van der Waals surface area contributed by atoms with Gasteiger partial charge in [0.05, 0.1) is 25.5 Å². The molecule has 1 aliphatic rings. The number of hydrogen-bond donors (Lipinski definition) is 0. The van der Waals surface area contributed by atoms with Crippen molar-refractivity contribution in [1.29, 1.82) is 0 Å². The molecule has 0 spiro atoms. The van der Waals surface area contributed by atoms with Crippen molar-refractivity contribution in [2.75, 3.05) is 20.0 Å². The molecule has 8 heteroatoms. The minimum atomic E-state index is 0.00232. The van der Waals surface area contributed by atoms with E-state index < -0.39 is 0 Å². The van der Waals surface area contributed by atoms with Crippen molar-refractivity contribution in [1.82, 2.24) is 14.8 Å². The summed E-state index contributed by atoms with van der Waals surface area (Å²) in [4.78, 5) is 14.2. The van der Waals surface area contributed by atoms with E-state index in [0.717, 1.165) is 30.2 Å². The highest BCUT2D eigenvalue weighted by Gasteiger charge is 2.24. The van der Waals surface area contributed by atoms with Gasteiger partial charge in [-0.05, 0) is 36.4 Å². The SMILES string of the molecule is COc1ccc(C(=O)CSc2nnc(Cc3cccs3)n2C2CCCCC2)c(OC)c1. The number of carbonyl (C=O) groups is 1. The molecule has 0 saturated heterocycles. The lowest BCUT2D eigenvalue weighted by atomic mass is 9.95. The van der Waals surface area contributed by atoms with Crippen LogP contribution in [0.5, 0.6) is 11.5 Å². The number of nitrogens with zero attached hydrogens (tertiary/aromatic N) is 3. The van der Waals surface area contributed by atoms with Gasteiger partial charge < -0.3 is 14.0 Å². The molecule has 1 aromatic carbocycles. The third kappa shape index (κ3) is 5.13. The standard InChI is InChI=1S/C23H27N3O3S2/c1-28-17-10-11-19(21(13-17)29-2)20(27)15-31-23-25-24-22(14-18-9-6-12-30-18)26(23)16-7-4-3-5-8-16/h6,9-13,16H,3-5,7-8,14-15H2,1-2H3. The molecule has 1 fully saturated rings. The van der Waals surface area contributed by atoms with Gasteiger partial charge in [-0.3, -0.25) is 4.79 Å². The summed E-state index contributed by atoms with van der Waals surface area (Å²) in [6, 6.07) is 9.89. The molecular formula is C23H27N3O3S2. The van der Waals surface area contributed by atoms with Crippen molar-refractivity contribution in [2.24, 2.45) is 0 Å². The molecule has 0 N–H and O–H groups in total. The van der Waals surface area contributed by atoms with Crippen LogP contribution in [0.4, 0.5) is 0 Å². The number of methoxy groups -OCH3 is 2. The maximum atomic E-state index is 13.0. The van der Waals surface area contributed by atoms with Gasteiger partial charge in [-0.25, -0.2) is 0 Å². The maximum Gasteiger partial charge on any atom is 0.191 e. The summed E-state index contributed by atoms with van der Waals surface area (Å²) in [6.07, 6.45) is 6.81. The fourth-order valence-electron chi connectivity index (χ4n) is 4.04. The first-order valence-electron chi connectivity index (χ1n) is 10.5. The van der Waals surface area contributed by atoms with E-state index in [1.54, 1.807) is 43.8 Å². The number of aromatic nitrogens is 3. The van der Waals surface area contributed by atoms with Crippen molar-refractivity contribution in [3.05, 3.63) is 52.0 Å². The Kier molecular flexibility index (Phi) is 7.29. The summed E-state index contributed by atoms with van der Waals surface area (Å²) in [5.41, 5.74) is 0.554. The molecule has 0 aliphatic heterocycles. The molecule has 164 valence electrons. The van der Waals surface area contributed by atoms with Crippen molar-refractivity contribution in [3.8, 4) is 11.5 Å². The van der Waals surface area contributed by atoms with E-state index in [4.69, 9.17) is 9.47 Å². The Morgan fingerprint density at radius 2 is 2.00 bits per heavy atom. The van der Waals surface area contributed by atoms with Gasteiger partial charge in [-0.1, -0.05) is 37.1 Å². The fourth-order valence-corrected chi connectivity index (χ4v) is 5.65. The number of hydrogen-bond acceptors (Lipinski definition) is 7. The van der Waals surface area contributed by atoms with Gasteiger partial charge in [0.15, 0.2) is 10.9 Å². The smallest absolute Gasteiger partial charge is 0.191 e. The molecule has 0 bridgehead atoms. The molecule has 0 unspecified atom stereocenters. The number of thioether (sulfide) groups is 1. The topological polar surface area (TPSA) is 66.2 Å². The third-order valence-corrected chi connectivity index (χ3v) is 7.45. The zero-order chi connectivity index (χ0) is 21.6. The Hall–Kier alpha value is -2.32. The Balaban J connectivity index is 1.54. The average Bonchev–Trinajstić information content (AvgIpc) is 3.47. The first kappa shape index (κ1) is 21.9. The van der Waals surface area contributed by atoms with Crippen LogP contribution in [0.2, 0.25) is 0 Å². The van der Waals surface area contributed by atoms with Crippen molar-refractivity contribution < 1.29 is 14.3 Å². The molecule has 31 heavy (non-hydrogen) atoms. The van der Waals surface area contributed by atoms with Gasteiger partial charge >= 0.3 is 0 Å². The summed E-state index contributed by atoms with van der Waals surface area (Å²) in [5, 5.41) is 11.9. The van der Waals surface area contributed by atoms with Gasteiger partial charge in [0.2, 0.25) is 0 Å². The Morgan fingerprint density at radius 1 is 1.16 bits per heavy atom. The van der Waals surface area contributed by atoms with E-state index >= 15 is 0 Å². The molecule has 0 radical (unpaired) electrons. The highest BCUT2D eigenvalue weighted by molar-refractivity contribution is 7.99. The van der Waals surface area contributed by atoms with Gasteiger partial charge in [0, 0.05) is 23.4 Å². The molecule has 0 amide bonds. The highest BCUT2D eigenvalue weighted by atomic mass is 32.2. The van der Waals surface area contributed by atoms with Crippen LogP contribution in [-0.2, 0) is 6.42 Å². The van der Waals surface area contributed by atoms with E-state index in [9.17, 15) is 4.79 Å². The molecule has 1 aliphatic carbocycles. The fraction of sp³-hybridized carbons (Fsp3) is 0.435. The van der Waals surface area contributed by atoms with Crippen LogP contribution in [-0.4, -0.2) is 40.5 Å². The Bertz CT molecular complexity index is 1010. The summed E-state index contributed by atoms with van der Waals surface area (Å²) in [5.74, 6) is 2.47. The first-order valence-corrected chi connectivity index (χ1v) is 12.4. The van der Waals surface area contributed by atoms with Gasteiger partial charge in [0.25, 0.3) is 0 Å². The van der Waals surface area contributed by atoms with Crippen LogP contribution in [0.25, 0.3) is 0 Å². The number of carbonyl (C=O) groups excluding carboxylic acids is 1. The predicted octanol–water partition coefficient (Wildman–Crippen LogP) is 5.43. The van der Waals surface area contributed by atoms with E-state index in [-0.39, 0.29) is 11.5 Å². The molecule has 3 aromatic rings. The lowest BCUT2D eigenvalue weighted by Crippen LogP contribution is -2.17. The second kappa shape index (κ2) is 10.3. The molecule has 0 atom stereocenters. The normalized spacial score (nSPS) is 14.5. The van der Waals surface area contributed by atoms with Crippen LogP contribution in [0.3, 0.4) is 0 Å². The second-order valence-corrected chi connectivity index (χ2v) is 9.57. The zero-order valence-corrected chi connectivity index (χ0v) is 19.5. The Labute approximate surface area is 191 Å². The van der Waals surface area contributed by atoms with Crippen LogP contribution in [0.15, 0.2) is 40.9 Å². The molecule has 2 aromatic heterocycles. The highest BCUT2D eigenvalue weighted by Crippen LogP contribution is 2.34. The summed E-state index contributed by atoms with van der Waals surface area (Å²) in [7, 11) is 3.16. The quantitative estimate of drug-likeness (QED) is 0.315. The number of rotatable bonds is 9. The van der Waals surface area contributed by atoms with Gasteiger partial charge in [-0.2, -0.15) is 0 Å². The Morgan fingerprint density at radius 3 is 2.71 bits per heavy atom. The minimum Gasteiger partial charge on any atom is -0.497 e. The van der Waals surface area contributed by atoms with Gasteiger partial charge in [-0.15, -0.1) is 21.5 Å². The molecule has 1 saturated carbocycles. The number of benzene rings is 1. The second-order valence-electron chi connectivity index (χ2n) is 7.59. The van der Waals surface area contributed by atoms with Crippen LogP contribution in [0, 0.1) is 0 Å². The summed E-state index contributed by atoms with van der Waals surface area (Å²) in [6.45, 7) is 0. The molecule has 4 rings (SSSR count). The van der Waals surface area contributed by atoms with E-state index in [1.807, 2.05) is 0 Å². The summed E-state index contributed by atoms with van der Waals surface area (Å²) >= 11 is 3.20. The predicted molar refractivity (Wildman–Crippen MR) is 124 cm³/mol. The van der Waals surface area contributed by atoms with Crippen molar-refractivity contribution >= 4 is 28.9 Å². The van der Waals surface area contributed by atoms with Crippen LogP contribution < -0.4 is 9.47 Å². The number of thiophene rings is 1. The van der Waals surface area contributed by atoms with Crippen LogP contribution in [0.1, 0.15) is 59.2 Å². The average molecular weight is 458 g/mol. The minimum absolute atomic E-state index is 0.00232. The van der Waals surface area contributed by atoms with E-state index in [2.05, 4.69) is 32.3 Å². The maximum absolute atomic E-state index is 13.0. The lowest BCUT2D eigenvalue weighted by molar-refractivity contribution is 0.101. The molecule has 2 heterocycles.